The van der Waals surface area contributed by atoms with Gasteiger partial charge in [0.25, 0.3) is 0 Å². The Labute approximate surface area is 329 Å². The van der Waals surface area contributed by atoms with Gasteiger partial charge in [0.15, 0.2) is 0 Å². The molecule has 0 spiro atoms. The fourth-order valence-corrected chi connectivity index (χ4v) is 7.44. The molecule has 0 saturated carbocycles. The van der Waals surface area contributed by atoms with Crippen molar-refractivity contribution < 1.29 is 37.3 Å². The van der Waals surface area contributed by atoms with Crippen molar-refractivity contribution >= 4 is 13.8 Å². The molecule has 318 valence electrons. The Balaban J connectivity index is 4.42. The third-order valence-electron chi connectivity index (χ3n) is 10.4. The molecule has 0 aliphatic rings. The molecule has 0 aromatic heterocycles. The number of rotatable bonds is 42. The number of quaternary nitrogens is 1. The van der Waals surface area contributed by atoms with E-state index in [1.165, 1.54) is 154 Å². The first-order chi connectivity index (χ1) is 25.5. The van der Waals surface area contributed by atoms with E-state index in [4.69, 9.17) is 18.5 Å². The summed E-state index contributed by atoms with van der Waals surface area (Å²) in [6.07, 6.45) is 37.4. The molecule has 0 radical (unpaired) electrons. The summed E-state index contributed by atoms with van der Waals surface area (Å²) in [6.45, 7) is 7.60. The number of phosphoric acid groups is 1. The van der Waals surface area contributed by atoms with Gasteiger partial charge in [-0.15, -0.1) is 0 Å². The van der Waals surface area contributed by atoms with Crippen LogP contribution in [0.2, 0.25) is 0 Å². The standard InChI is InChI=1S/C44H90NO7P/c1-7-10-12-14-16-18-20-22-23-25-27-29-31-33-35-38-49-43(41-52-53(47,48)51-39-37-45(4,5)6)40-50-44(46)42(9-3)36-34-32-30-28-26-24-21-19-17-15-13-11-8-2/h42-43H,7-41H2,1-6H3/p+1/t42?,43-/m1/s1. The molecule has 1 N–H and O–H groups in total. The lowest BCUT2D eigenvalue weighted by molar-refractivity contribution is -0.870. The van der Waals surface area contributed by atoms with E-state index >= 15 is 0 Å². The minimum Gasteiger partial charge on any atom is -0.463 e. The largest absolute Gasteiger partial charge is 0.472 e. The summed E-state index contributed by atoms with van der Waals surface area (Å²) in [5.74, 6) is -0.346. The SMILES string of the molecule is CCCCCCCCCCCCCCCCCO[C@H](COC(=O)C(CC)CCCCCCCCCCCCCCC)COP(=O)(O)OCC[N+](C)(C)C. The Morgan fingerprint density at radius 3 is 1.34 bits per heavy atom. The second-order valence-electron chi connectivity index (χ2n) is 16.8. The molecular formula is C44H91NO7P+. The number of esters is 1. The van der Waals surface area contributed by atoms with Crippen molar-refractivity contribution in [2.45, 2.75) is 219 Å². The average Bonchev–Trinajstić information content (AvgIpc) is 3.11. The predicted molar refractivity (Wildman–Crippen MR) is 224 cm³/mol. The van der Waals surface area contributed by atoms with Crippen molar-refractivity contribution in [3.05, 3.63) is 0 Å². The average molecular weight is 777 g/mol. The van der Waals surface area contributed by atoms with Gasteiger partial charge >= 0.3 is 13.8 Å². The van der Waals surface area contributed by atoms with Crippen LogP contribution in [-0.2, 0) is 27.9 Å². The van der Waals surface area contributed by atoms with Gasteiger partial charge in [0.05, 0.1) is 33.7 Å². The lowest BCUT2D eigenvalue weighted by Gasteiger charge is -2.24. The molecule has 0 rings (SSSR count). The monoisotopic (exact) mass is 777 g/mol. The number of carbonyl (C=O) groups is 1. The van der Waals surface area contributed by atoms with Gasteiger partial charge in [-0.2, -0.15) is 0 Å². The van der Waals surface area contributed by atoms with Crippen molar-refractivity contribution in [2.75, 3.05) is 54.1 Å². The van der Waals surface area contributed by atoms with Gasteiger partial charge < -0.3 is 18.9 Å². The number of carbonyl (C=O) groups excluding carboxylic acids is 1. The van der Waals surface area contributed by atoms with Crippen LogP contribution in [0.15, 0.2) is 0 Å². The number of phosphoric ester groups is 1. The molecule has 2 unspecified atom stereocenters. The van der Waals surface area contributed by atoms with Gasteiger partial charge in [0, 0.05) is 6.61 Å². The Morgan fingerprint density at radius 2 is 0.943 bits per heavy atom. The normalized spacial score (nSPS) is 14.3. The number of hydrogen-bond donors (Lipinski definition) is 1. The lowest BCUT2D eigenvalue weighted by Crippen LogP contribution is -2.37. The van der Waals surface area contributed by atoms with Crippen LogP contribution in [0.4, 0.5) is 0 Å². The molecule has 3 atom stereocenters. The van der Waals surface area contributed by atoms with Crippen LogP contribution in [-0.4, -0.2) is 75.6 Å². The molecule has 0 amide bonds. The first-order valence-corrected chi connectivity index (χ1v) is 24.2. The van der Waals surface area contributed by atoms with Crippen molar-refractivity contribution in [3.8, 4) is 0 Å². The molecule has 0 heterocycles. The number of likely N-dealkylation sites (N-methyl/N-ethyl adjacent to an activating group) is 1. The van der Waals surface area contributed by atoms with E-state index in [2.05, 4.69) is 13.8 Å². The predicted octanol–water partition coefficient (Wildman–Crippen LogP) is 13.1. The Bertz CT molecular complexity index is 837. The number of hydrogen-bond acceptors (Lipinski definition) is 6. The van der Waals surface area contributed by atoms with E-state index < -0.39 is 13.9 Å². The Morgan fingerprint density at radius 1 is 0.547 bits per heavy atom. The highest BCUT2D eigenvalue weighted by atomic mass is 31.2. The van der Waals surface area contributed by atoms with Crippen LogP contribution in [0.3, 0.4) is 0 Å². The maximum Gasteiger partial charge on any atom is 0.472 e. The zero-order valence-electron chi connectivity index (χ0n) is 36.2. The highest BCUT2D eigenvalue weighted by molar-refractivity contribution is 7.47. The van der Waals surface area contributed by atoms with Crippen molar-refractivity contribution in [1.82, 2.24) is 0 Å². The van der Waals surface area contributed by atoms with Crippen molar-refractivity contribution in [2.24, 2.45) is 5.92 Å². The summed E-state index contributed by atoms with van der Waals surface area (Å²) in [5.41, 5.74) is 0. The third kappa shape index (κ3) is 38.2. The number of nitrogens with zero attached hydrogens (tertiary/aromatic N) is 1. The fourth-order valence-electron chi connectivity index (χ4n) is 6.70. The number of ether oxygens (including phenoxy) is 2. The molecule has 9 heteroatoms. The summed E-state index contributed by atoms with van der Waals surface area (Å²) in [5, 5.41) is 0. The van der Waals surface area contributed by atoms with Crippen LogP contribution < -0.4 is 0 Å². The molecule has 0 aliphatic heterocycles. The highest BCUT2D eigenvalue weighted by Crippen LogP contribution is 2.43. The minimum absolute atomic E-state index is 0.00551. The van der Waals surface area contributed by atoms with Crippen LogP contribution >= 0.6 is 7.82 Å². The second-order valence-corrected chi connectivity index (χ2v) is 18.3. The lowest BCUT2D eigenvalue weighted by atomic mass is 9.97. The van der Waals surface area contributed by atoms with Crippen molar-refractivity contribution in [1.29, 1.82) is 0 Å². The molecule has 53 heavy (non-hydrogen) atoms. The van der Waals surface area contributed by atoms with Crippen LogP contribution in [0.25, 0.3) is 0 Å². The summed E-state index contributed by atoms with van der Waals surface area (Å²) >= 11 is 0. The quantitative estimate of drug-likeness (QED) is 0.0286. The fraction of sp³-hybridized carbons (Fsp3) is 0.977. The van der Waals surface area contributed by atoms with Gasteiger partial charge in [-0.1, -0.05) is 194 Å². The molecule has 0 saturated heterocycles. The van der Waals surface area contributed by atoms with Gasteiger partial charge in [0.1, 0.15) is 25.9 Å². The van der Waals surface area contributed by atoms with E-state index in [1.54, 1.807) is 0 Å². The van der Waals surface area contributed by atoms with E-state index in [0.717, 1.165) is 38.5 Å². The molecule has 0 bridgehead atoms. The van der Waals surface area contributed by atoms with E-state index in [-0.39, 0.29) is 31.7 Å². The zero-order valence-corrected chi connectivity index (χ0v) is 37.1. The molecule has 0 fully saturated rings. The van der Waals surface area contributed by atoms with Gasteiger partial charge in [-0.3, -0.25) is 13.8 Å². The third-order valence-corrected chi connectivity index (χ3v) is 11.4. The van der Waals surface area contributed by atoms with Crippen LogP contribution in [0, 0.1) is 5.92 Å². The summed E-state index contributed by atoms with van der Waals surface area (Å²) in [4.78, 5) is 23.3. The molecule has 0 aromatic rings. The molecule has 8 nitrogen and oxygen atoms in total. The number of unbranched alkanes of at least 4 members (excludes halogenated alkanes) is 26. The van der Waals surface area contributed by atoms with E-state index in [9.17, 15) is 14.3 Å². The first-order valence-electron chi connectivity index (χ1n) is 22.7. The zero-order chi connectivity index (χ0) is 39.3. The molecule has 0 aliphatic carbocycles. The maximum absolute atomic E-state index is 13.0. The summed E-state index contributed by atoms with van der Waals surface area (Å²) < 4.78 is 35.5. The molecule has 0 aromatic carbocycles. The summed E-state index contributed by atoms with van der Waals surface area (Å²) in [7, 11) is 1.72. The maximum atomic E-state index is 13.0. The Hall–Kier alpha value is -0.500. The van der Waals surface area contributed by atoms with Crippen LogP contribution in [0.1, 0.15) is 213 Å². The van der Waals surface area contributed by atoms with E-state index in [0.29, 0.717) is 17.6 Å². The highest BCUT2D eigenvalue weighted by Gasteiger charge is 2.26. The van der Waals surface area contributed by atoms with Crippen LogP contribution in [0.5, 0.6) is 0 Å². The first kappa shape index (κ1) is 52.5. The topological polar surface area (TPSA) is 91.3 Å². The second kappa shape index (κ2) is 37.1. The van der Waals surface area contributed by atoms with Gasteiger partial charge in [-0.05, 0) is 19.3 Å². The van der Waals surface area contributed by atoms with E-state index in [1.807, 2.05) is 28.1 Å². The Kier molecular flexibility index (Phi) is 36.7. The van der Waals surface area contributed by atoms with Gasteiger partial charge in [-0.25, -0.2) is 4.57 Å². The van der Waals surface area contributed by atoms with Crippen molar-refractivity contribution in [3.63, 3.8) is 0 Å². The smallest absolute Gasteiger partial charge is 0.463 e. The minimum atomic E-state index is -4.25. The molecular weight excluding hydrogens is 685 g/mol. The summed E-state index contributed by atoms with van der Waals surface area (Å²) in [6, 6.07) is 0. The van der Waals surface area contributed by atoms with Gasteiger partial charge in [0.2, 0.25) is 0 Å².